The van der Waals surface area contributed by atoms with Gasteiger partial charge in [0.05, 0.1) is 0 Å². The summed E-state index contributed by atoms with van der Waals surface area (Å²) in [4.78, 5) is 4.82. The van der Waals surface area contributed by atoms with E-state index in [1.165, 1.54) is 11.1 Å². The lowest BCUT2D eigenvalue weighted by Gasteiger charge is -2.39. The van der Waals surface area contributed by atoms with Crippen molar-refractivity contribution in [3.05, 3.63) is 65.7 Å². The lowest BCUT2D eigenvalue weighted by atomic mass is 10.1. The third-order valence-electron chi connectivity index (χ3n) is 4.88. The van der Waals surface area contributed by atoms with Crippen LogP contribution in [0.25, 0.3) is 0 Å². The maximum atomic E-state index is 9.24. The van der Waals surface area contributed by atoms with Crippen LogP contribution in [0.3, 0.4) is 0 Å². The average Bonchev–Trinajstić information content (AvgIpc) is 2.64. The van der Waals surface area contributed by atoms with Gasteiger partial charge in [0, 0.05) is 38.8 Å². The van der Waals surface area contributed by atoms with Crippen molar-refractivity contribution in [1.82, 2.24) is 9.80 Å². The molecule has 3 rings (SSSR count). The SMILES string of the molecule is CN1CCN(Cc2cccc(OCc3ccccc3)c2)CC1CCO. The Morgan fingerprint density at radius 3 is 2.64 bits per heavy atom. The van der Waals surface area contributed by atoms with Crippen LogP contribution < -0.4 is 4.74 Å². The van der Waals surface area contributed by atoms with Crippen molar-refractivity contribution in [1.29, 1.82) is 0 Å². The summed E-state index contributed by atoms with van der Waals surface area (Å²) < 4.78 is 5.94. The first kappa shape index (κ1) is 17.9. The lowest BCUT2D eigenvalue weighted by molar-refractivity contribution is 0.0742. The van der Waals surface area contributed by atoms with E-state index in [1.807, 2.05) is 24.3 Å². The van der Waals surface area contributed by atoms with Gasteiger partial charge in [0.15, 0.2) is 0 Å². The van der Waals surface area contributed by atoms with Gasteiger partial charge in [-0.25, -0.2) is 0 Å². The molecule has 0 radical (unpaired) electrons. The van der Waals surface area contributed by atoms with Crippen molar-refractivity contribution < 1.29 is 9.84 Å². The molecule has 134 valence electrons. The zero-order valence-corrected chi connectivity index (χ0v) is 15.0. The highest BCUT2D eigenvalue weighted by molar-refractivity contribution is 5.29. The number of benzene rings is 2. The monoisotopic (exact) mass is 340 g/mol. The smallest absolute Gasteiger partial charge is 0.120 e. The predicted octanol–water partition coefficient (Wildman–Crippen LogP) is 2.76. The zero-order valence-electron chi connectivity index (χ0n) is 15.0. The van der Waals surface area contributed by atoms with Crippen molar-refractivity contribution in [3.63, 3.8) is 0 Å². The fourth-order valence-corrected chi connectivity index (χ4v) is 3.35. The standard InChI is InChI=1S/C21H28N2O2/c1-22-11-12-23(16-20(22)10-13-24)15-19-8-5-9-21(14-19)25-17-18-6-3-2-4-7-18/h2-9,14,20,24H,10-13,15-17H2,1H3. The molecule has 2 aromatic carbocycles. The second-order valence-electron chi connectivity index (χ2n) is 6.80. The molecule has 4 heteroatoms. The third kappa shape index (κ3) is 5.30. The van der Waals surface area contributed by atoms with Crippen LogP contribution >= 0.6 is 0 Å². The summed E-state index contributed by atoms with van der Waals surface area (Å²) in [5.74, 6) is 0.919. The number of aliphatic hydroxyl groups is 1. The Kier molecular flexibility index (Phi) is 6.45. The zero-order chi connectivity index (χ0) is 17.5. The molecule has 1 fully saturated rings. The number of nitrogens with zero attached hydrogens (tertiary/aromatic N) is 2. The van der Waals surface area contributed by atoms with E-state index in [0.29, 0.717) is 12.6 Å². The normalized spacial score (nSPS) is 19.0. The van der Waals surface area contributed by atoms with Gasteiger partial charge in [-0.3, -0.25) is 4.90 Å². The van der Waals surface area contributed by atoms with Gasteiger partial charge in [0.25, 0.3) is 0 Å². The molecule has 0 aliphatic carbocycles. The fourth-order valence-electron chi connectivity index (χ4n) is 3.35. The Bertz CT molecular complexity index is 647. The molecule has 1 atom stereocenters. The maximum Gasteiger partial charge on any atom is 0.120 e. The minimum absolute atomic E-state index is 0.256. The van der Waals surface area contributed by atoms with E-state index < -0.39 is 0 Å². The van der Waals surface area contributed by atoms with Gasteiger partial charge in [-0.15, -0.1) is 0 Å². The topological polar surface area (TPSA) is 35.9 Å². The average molecular weight is 340 g/mol. The Balaban J connectivity index is 1.56. The summed E-state index contributed by atoms with van der Waals surface area (Å²) in [5.41, 5.74) is 2.46. The minimum atomic E-state index is 0.256. The first-order valence-electron chi connectivity index (χ1n) is 9.04. The molecule has 25 heavy (non-hydrogen) atoms. The van der Waals surface area contributed by atoms with E-state index in [9.17, 15) is 5.11 Å². The predicted molar refractivity (Wildman–Crippen MR) is 101 cm³/mol. The van der Waals surface area contributed by atoms with Crippen molar-refractivity contribution in [2.75, 3.05) is 33.3 Å². The maximum absolute atomic E-state index is 9.24. The summed E-state index contributed by atoms with van der Waals surface area (Å²) in [6.45, 7) is 4.90. The van der Waals surface area contributed by atoms with Crippen molar-refractivity contribution in [3.8, 4) is 5.75 Å². The number of rotatable bonds is 7. The van der Waals surface area contributed by atoms with Crippen LogP contribution in [-0.2, 0) is 13.2 Å². The fraction of sp³-hybridized carbons (Fsp3) is 0.429. The quantitative estimate of drug-likeness (QED) is 0.841. The van der Waals surface area contributed by atoms with Crippen molar-refractivity contribution in [2.24, 2.45) is 0 Å². The largest absolute Gasteiger partial charge is 0.489 e. The summed E-state index contributed by atoms with van der Waals surface area (Å²) in [5, 5.41) is 9.24. The Morgan fingerprint density at radius 2 is 1.84 bits per heavy atom. The van der Waals surface area contributed by atoms with E-state index in [1.54, 1.807) is 0 Å². The molecule has 1 aliphatic heterocycles. The van der Waals surface area contributed by atoms with Crippen molar-refractivity contribution in [2.45, 2.75) is 25.6 Å². The lowest BCUT2D eigenvalue weighted by Crippen LogP contribution is -2.51. The van der Waals surface area contributed by atoms with E-state index in [2.05, 4.69) is 47.2 Å². The number of hydrogen-bond acceptors (Lipinski definition) is 4. The molecule has 0 aromatic heterocycles. The molecule has 1 saturated heterocycles. The Hall–Kier alpha value is -1.88. The molecule has 4 nitrogen and oxygen atoms in total. The number of piperazine rings is 1. The summed E-state index contributed by atoms with van der Waals surface area (Å²) in [6.07, 6.45) is 0.841. The summed E-state index contributed by atoms with van der Waals surface area (Å²) in [7, 11) is 2.15. The second-order valence-corrected chi connectivity index (χ2v) is 6.80. The van der Waals surface area contributed by atoms with Crippen LogP contribution in [0, 0.1) is 0 Å². The van der Waals surface area contributed by atoms with E-state index in [0.717, 1.165) is 38.3 Å². The molecule has 1 aliphatic rings. The highest BCUT2D eigenvalue weighted by Gasteiger charge is 2.23. The number of ether oxygens (including phenoxy) is 1. The molecule has 1 heterocycles. The highest BCUT2D eigenvalue weighted by atomic mass is 16.5. The van der Waals surface area contributed by atoms with Crippen LogP contribution in [0.2, 0.25) is 0 Å². The molecule has 0 amide bonds. The minimum Gasteiger partial charge on any atom is -0.489 e. The van der Waals surface area contributed by atoms with Gasteiger partial charge >= 0.3 is 0 Å². The van der Waals surface area contributed by atoms with Gasteiger partial charge in [0.2, 0.25) is 0 Å². The summed E-state index contributed by atoms with van der Waals surface area (Å²) >= 11 is 0. The molecule has 0 saturated carbocycles. The van der Waals surface area contributed by atoms with Crippen molar-refractivity contribution >= 4 is 0 Å². The van der Waals surface area contributed by atoms with Gasteiger partial charge < -0.3 is 14.7 Å². The second kappa shape index (κ2) is 8.99. The van der Waals surface area contributed by atoms with Crippen LogP contribution in [0.15, 0.2) is 54.6 Å². The van der Waals surface area contributed by atoms with Gasteiger partial charge in [0.1, 0.15) is 12.4 Å². The van der Waals surface area contributed by atoms with E-state index >= 15 is 0 Å². The molecular weight excluding hydrogens is 312 g/mol. The number of likely N-dealkylation sites (N-methyl/N-ethyl adjacent to an activating group) is 1. The molecule has 1 N–H and O–H groups in total. The van der Waals surface area contributed by atoms with Crippen LogP contribution in [0.4, 0.5) is 0 Å². The molecule has 0 bridgehead atoms. The number of hydrogen-bond donors (Lipinski definition) is 1. The molecule has 2 aromatic rings. The Labute approximate surface area is 150 Å². The first-order chi connectivity index (χ1) is 12.2. The van der Waals surface area contributed by atoms with Crippen LogP contribution in [-0.4, -0.2) is 54.2 Å². The Morgan fingerprint density at radius 1 is 1.04 bits per heavy atom. The van der Waals surface area contributed by atoms with E-state index in [-0.39, 0.29) is 6.61 Å². The molecule has 0 spiro atoms. The number of aliphatic hydroxyl groups excluding tert-OH is 1. The van der Waals surface area contributed by atoms with Gasteiger partial charge in [-0.05, 0) is 36.7 Å². The third-order valence-corrected chi connectivity index (χ3v) is 4.88. The van der Waals surface area contributed by atoms with Crippen LogP contribution in [0.5, 0.6) is 5.75 Å². The molecule has 1 unspecified atom stereocenters. The van der Waals surface area contributed by atoms with E-state index in [4.69, 9.17) is 4.74 Å². The first-order valence-corrected chi connectivity index (χ1v) is 9.04. The highest BCUT2D eigenvalue weighted by Crippen LogP contribution is 2.19. The van der Waals surface area contributed by atoms with Gasteiger partial charge in [-0.2, -0.15) is 0 Å². The van der Waals surface area contributed by atoms with Gasteiger partial charge in [-0.1, -0.05) is 42.5 Å². The van der Waals surface area contributed by atoms with Crippen LogP contribution in [0.1, 0.15) is 17.5 Å². The summed E-state index contributed by atoms with van der Waals surface area (Å²) in [6, 6.07) is 19.1. The molecular formula is C21H28N2O2.